The van der Waals surface area contributed by atoms with Gasteiger partial charge in [-0.2, -0.15) is 5.10 Å². The van der Waals surface area contributed by atoms with Crippen LogP contribution < -0.4 is 5.73 Å². The second kappa shape index (κ2) is 3.01. The minimum absolute atomic E-state index is 0.0637. The molecule has 1 aromatic heterocycles. The van der Waals surface area contributed by atoms with Gasteiger partial charge < -0.3 is 5.73 Å². The molecule has 4 nitrogen and oxygen atoms in total. The minimum Gasteiger partial charge on any atom is -0.383 e. The highest BCUT2D eigenvalue weighted by molar-refractivity contribution is 6.00. The van der Waals surface area contributed by atoms with Gasteiger partial charge in [-0.3, -0.25) is 9.89 Å². The molecule has 0 spiro atoms. The number of rotatable bonds is 3. The van der Waals surface area contributed by atoms with E-state index in [1.807, 2.05) is 0 Å². The van der Waals surface area contributed by atoms with Gasteiger partial charge in [-0.25, -0.2) is 0 Å². The third-order valence-electron chi connectivity index (χ3n) is 1.30. The van der Waals surface area contributed by atoms with Crippen molar-refractivity contribution in [1.29, 1.82) is 0 Å². The number of nitrogen functional groups attached to an aromatic ring is 1. The van der Waals surface area contributed by atoms with Gasteiger partial charge in [0.2, 0.25) is 0 Å². The van der Waals surface area contributed by atoms with Crippen molar-refractivity contribution in [3.05, 3.63) is 24.4 Å². The van der Waals surface area contributed by atoms with Crippen molar-refractivity contribution in [1.82, 2.24) is 10.2 Å². The van der Waals surface area contributed by atoms with Crippen molar-refractivity contribution in [3.8, 4) is 0 Å². The molecule has 0 aliphatic rings. The quantitative estimate of drug-likeness (QED) is 0.494. The van der Waals surface area contributed by atoms with Crippen molar-refractivity contribution < 1.29 is 4.79 Å². The third kappa shape index (κ3) is 1.46. The number of aromatic nitrogens is 2. The molecular formula is C7H9N3O. The topological polar surface area (TPSA) is 71.8 Å². The fourth-order valence-electron chi connectivity index (χ4n) is 0.759. The van der Waals surface area contributed by atoms with Crippen molar-refractivity contribution in [2.24, 2.45) is 0 Å². The Balaban J connectivity index is 2.83. The monoisotopic (exact) mass is 151 g/mol. The molecule has 0 aliphatic heterocycles. The zero-order valence-electron chi connectivity index (χ0n) is 6.00. The van der Waals surface area contributed by atoms with E-state index in [9.17, 15) is 4.79 Å². The maximum absolute atomic E-state index is 11.1. The molecule has 1 rings (SSSR count). The minimum atomic E-state index is -0.0637. The van der Waals surface area contributed by atoms with Crippen molar-refractivity contribution in [2.75, 3.05) is 5.73 Å². The van der Waals surface area contributed by atoms with Crippen LogP contribution in [0.1, 0.15) is 16.8 Å². The van der Waals surface area contributed by atoms with Crippen LogP contribution in [0.4, 0.5) is 5.82 Å². The van der Waals surface area contributed by atoms with Gasteiger partial charge in [-0.05, 0) is 0 Å². The molecular weight excluding hydrogens is 142 g/mol. The summed E-state index contributed by atoms with van der Waals surface area (Å²) >= 11 is 0. The Labute approximate surface area is 64.1 Å². The Morgan fingerprint density at radius 1 is 1.91 bits per heavy atom. The largest absolute Gasteiger partial charge is 0.383 e. The number of aromatic amines is 1. The van der Waals surface area contributed by atoms with Crippen LogP contribution in [0.3, 0.4) is 0 Å². The maximum atomic E-state index is 11.1. The second-order valence-electron chi connectivity index (χ2n) is 2.11. The predicted octanol–water partition coefficient (Wildman–Crippen LogP) is 0.751. The van der Waals surface area contributed by atoms with Gasteiger partial charge in [0.05, 0.1) is 11.8 Å². The molecule has 3 N–H and O–H groups in total. The highest BCUT2D eigenvalue weighted by Gasteiger charge is 2.08. The molecule has 4 heteroatoms. The molecule has 0 saturated heterocycles. The predicted molar refractivity (Wildman–Crippen MR) is 42.1 cm³/mol. The zero-order chi connectivity index (χ0) is 8.27. The van der Waals surface area contributed by atoms with E-state index >= 15 is 0 Å². The van der Waals surface area contributed by atoms with Crippen LogP contribution in [0, 0.1) is 0 Å². The molecule has 1 aromatic rings. The molecule has 0 aliphatic carbocycles. The normalized spacial score (nSPS) is 9.45. The lowest BCUT2D eigenvalue weighted by Crippen LogP contribution is -1.99. The molecule has 0 saturated carbocycles. The number of Topliss-reactive ketones (excluding diaryl/α,β-unsaturated/α-hetero) is 1. The highest BCUT2D eigenvalue weighted by atomic mass is 16.1. The number of nitrogens with two attached hydrogens (primary N) is 1. The van der Waals surface area contributed by atoms with Crippen molar-refractivity contribution >= 4 is 11.6 Å². The van der Waals surface area contributed by atoms with Crippen LogP contribution in [0.25, 0.3) is 0 Å². The average molecular weight is 151 g/mol. The summed E-state index contributed by atoms with van der Waals surface area (Å²) in [4.78, 5) is 11.1. The molecule has 0 bridgehead atoms. The van der Waals surface area contributed by atoms with Crippen LogP contribution >= 0.6 is 0 Å². The van der Waals surface area contributed by atoms with E-state index in [2.05, 4.69) is 16.8 Å². The Kier molecular flexibility index (Phi) is 2.06. The van der Waals surface area contributed by atoms with Crippen LogP contribution in [0.5, 0.6) is 0 Å². The van der Waals surface area contributed by atoms with Gasteiger partial charge >= 0.3 is 0 Å². The molecule has 0 amide bonds. The number of ketones is 1. The standard InChI is InChI=1S/C7H9N3O/c1-2-3-6(11)5-4-9-10-7(5)8/h2,4H,1,3H2,(H3,8,9,10). The molecule has 0 aromatic carbocycles. The number of allylic oxidation sites excluding steroid dienone is 1. The Hall–Kier alpha value is -1.58. The summed E-state index contributed by atoms with van der Waals surface area (Å²) in [6.07, 6.45) is 3.25. The fraction of sp³-hybridized carbons (Fsp3) is 0.143. The average Bonchev–Trinajstić information content (AvgIpc) is 2.36. The summed E-state index contributed by atoms with van der Waals surface area (Å²) in [7, 11) is 0. The Morgan fingerprint density at radius 3 is 3.09 bits per heavy atom. The number of hydrogen-bond donors (Lipinski definition) is 2. The first-order valence-corrected chi connectivity index (χ1v) is 3.18. The van der Waals surface area contributed by atoms with E-state index in [-0.39, 0.29) is 5.78 Å². The van der Waals surface area contributed by atoms with Gasteiger partial charge in [0.15, 0.2) is 5.78 Å². The first-order valence-electron chi connectivity index (χ1n) is 3.18. The van der Waals surface area contributed by atoms with Crippen molar-refractivity contribution in [2.45, 2.75) is 6.42 Å². The van der Waals surface area contributed by atoms with Gasteiger partial charge in [-0.1, -0.05) is 6.08 Å². The molecule has 58 valence electrons. The zero-order valence-corrected chi connectivity index (χ0v) is 6.00. The summed E-state index contributed by atoms with van der Waals surface area (Å²) in [5.74, 6) is 0.253. The molecule has 11 heavy (non-hydrogen) atoms. The lowest BCUT2D eigenvalue weighted by molar-refractivity contribution is 0.0997. The lowest BCUT2D eigenvalue weighted by Gasteiger charge is -1.92. The van der Waals surface area contributed by atoms with E-state index in [0.29, 0.717) is 17.8 Å². The van der Waals surface area contributed by atoms with Gasteiger partial charge in [-0.15, -0.1) is 6.58 Å². The number of nitrogens with one attached hydrogen (secondary N) is 1. The van der Waals surface area contributed by atoms with E-state index in [4.69, 9.17) is 5.73 Å². The summed E-state index contributed by atoms with van der Waals surface area (Å²) in [6.45, 7) is 3.45. The summed E-state index contributed by atoms with van der Waals surface area (Å²) in [5.41, 5.74) is 5.83. The lowest BCUT2D eigenvalue weighted by atomic mass is 10.1. The molecule has 0 fully saturated rings. The summed E-state index contributed by atoms with van der Waals surface area (Å²) in [5, 5.41) is 6.10. The number of H-pyrrole nitrogens is 1. The number of hydrogen-bond acceptors (Lipinski definition) is 3. The maximum Gasteiger partial charge on any atom is 0.171 e. The van der Waals surface area contributed by atoms with Crippen LogP contribution in [-0.4, -0.2) is 16.0 Å². The molecule has 0 atom stereocenters. The first kappa shape index (κ1) is 7.53. The van der Waals surface area contributed by atoms with E-state index < -0.39 is 0 Å². The smallest absolute Gasteiger partial charge is 0.171 e. The molecule has 0 radical (unpaired) electrons. The van der Waals surface area contributed by atoms with E-state index in [1.165, 1.54) is 12.3 Å². The number of carbonyl (C=O) groups excluding carboxylic acids is 1. The Bertz CT molecular complexity index is 277. The molecule has 1 heterocycles. The SMILES string of the molecule is C=CCC(=O)c1cn[nH]c1N. The van der Waals surface area contributed by atoms with Crippen LogP contribution in [-0.2, 0) is 0 Å². The first-order chi connectivity index (χ1) is 5.25. The van der Waals surface area contributed by atoms with E-state index in [1.54, 1.807) is 0 Å². The highest BCUT2D eigenvalue weighted by Crippen LogP contribution is 2.08. The van der Waals surface area contributed by atoms with Gasteiger partial charge in [0, 0.05) is 6.42 Å². The number of anilines is 1. The summed E-state index contributed by atoms with van der Waals surface area (Å²) in [6, 6.07) is 0. The Morgan fingerprint density at radius 2 is 2.64 bits per heavy atom. The van der Waals surface area contributed by atoms with Crippen LogP contribution in [0.2, 0.25) is 0 Å². The summed E-state index contributed by atoms with van der Waals surface area (Å²) < 4.78 is 0. The molecule has 0 unspecified atom stereocenters. The van der Waals surface area contributed by atoms with Crippen molar-refractivity contribution in [3.63, 3.8) is 0 Å². The van der Waals surface area contributed by atoms with Crippen LogP contribution in [0.15, 0.2) is 18.9 Å². The second-order valence-corrected chi connectivity index (χ2v) is 2.11. The number of nitrogens with zero attached hydrogens (tertiary/aromatic N) is 1. The fourth-order valence-corrected chi connectivity index (χ4v) is 0.759. The third-order valence-corrected chi connectivity index (χ3v) is 1.30. The van der Waals surface area contributed by atoms with Gasteiger partial charge in [0.1, 0.15) is 5.82 Å². The number of carbonyl (C=O) groups is 1. The van der Waals surface area contributed by atoms with E-state index in [0.717, 1.165) is 0 Å². The van der Waals surface area contributed by atoms with Gasteiger partial charge in [0.25, 0.3) is 0 Å².